The van der Waals surface area contributed by atoms with Crippen molar-refractivity contribution in [1.82, 2.24) is 14.9 Å². The highest BCUT2D eigenvalue weighted by molar-refractivity contribution is 5.81. The molecule has 154 valence electrons. The fourth-order valence-corrected chi connectivity index (χ4v) is 4.59. The number of alkyl halides is 1. The molecule has 5 nitrogen and oxygen atoms in total. The first kappa shape index (κ1) is 19.8. The lowest BCUT2D eigenvalue weighted by atomic mass is 9.90. The van der Waals surface area contributed by atoms with Crippen molar-refractivity contribution in [2.75, 3.05) is 33.9 Å². The second-order valence-electron chi connectivity index (χ2n) is 7.83. The monoisotopic (exact) mass is 397 g/mol. The summed E-state index contributed by atoms with van der Waals surface area (Å²) in [6, 6.07) is 6.27. The zero-order valence-electron chi connectivity index (χ0n) is 17.3. The highest BCUT2D eigenvalue weighted by atomic mass is 19.1. The number of aromatic nitrogens is 2. The van der Waals surface area contributed by atoms with Crippen LogP contribution in [-0.4, -0.2) is 54.9 Å². The molecule has 0 amide bonds. The van der Waals surface area contributed by atoms with E-state index in [1.807, 2.05) is 6.07 Å². The molecular formula is C23H28FN3O2. The van der Waals surface area contributed by atoms with Crippen LogP contribution in [0.15, 0.2) is 36.2 Å². The second kappa shape index (κ2) is 8.49. The van der Waals surface area contributed by atoms with Crippen LogP contribution in [0.2, 0.25) is 0 Å². The number of halogens is 1. The lowest BCUT2D eigenvalue weighted by molar-refractivity contribution is 0.290. The van der Waals surface area contributed by atoms with Gasteiger partial charge in [-0.1, -0.05) is 18.6 Å². The Hall–Kier alpha value is -2.47. The quantitative estimate of drug-likeness (QED) is 0.706. The van der Waals surface area contributed by atoms with E-state index in [4.69, 9.17) is 9.47 Å². The van der Waals surface area contributed by atoms with Gasteiger partial charge in [-0.25, -0.2) is 9.37 Å². The molecule has 1 fully saturated rings. The number of ether oxygens (including phenoxy) is 2. The Kier molecular flexibility index (Phi) is 5.81. The van der Waals surface area contributed by atoms with Gasteiger partial charge in [0.2, 0.25) is 5.88 Å². The summed E-state index contributed by atoms with van der Waals surface area (Å²) in [4.78, 5) is 11.1. The number of rotatable bonds is 7. The van der Waals surface area contributed by atoms with Gasteiger partial charge in [0, 0.05) is 37.9 Å². The molecule has 1 aromatic heterocycles. The third-order valence-corrected chi connectivity index (χ3v) is 6.06. The van der Waals surface area contributed by atoms with Gasteiger partial charge < -0.3 is 14.4 Å². The molecule has 2 heterocycles. The third kappa shape index (κ3) is 3.99. The molecule has 1 aromatic carbocycles. The summed E-state index contributed by atoms with van der Waals surface area (Å²) in [6.45, 7) is 4.44. The van der Waals surface area contributed by atoms with E-state index in [1.165, 1.54) is 22.3 Å². The molecular weight excluding hydrogens is 369 g/mol. The first-order valence-corrected chi connectivity index (χ1v) is 10.2. The van der Waals surface area contributed by atoms with Gasteiger partial charge in [-0.15, -0.1) is 0 Å². The van der Waals surface area contributed by atoms with Crippen molar-refractivity contribution in [1.29, 1.82) is 0 Å². The standard InChI is InChI=1S/C23H28FN3O2/c1-15(22-23(29-3)26-9-8-25-22)21-16(6-10-27-11-7-18(24)14-27)12-17-13-19(28-2)4-5-20(17)21/h4-5,8-9,13,15,18H,6-7,10-12,14H2,1-3H3. The minimum absolute atomic E-state index is 0.0517. The fraction of sp³-hybridized carbons (Fsp3) is 0.478. The van der Waals surface area contributed by atoms with Crippen molar-refractivity contribution in [3.8, 4) is 11.6 Å². The predicted molar refractivity (Wildman–Crippen MR) is 111 cm³/mol. The van der Waals surface area contributed by atoms with Gasteiger partial charge in [-0.3, -0.25) is 4.98 Å². The van der Waals surface area contributed by atoms with E-state index in [-0.39, 0.29) is 5.92 Å². The minimum atomic E-state index is -0.684. The molecule has 4 rings (SSSR count). The smallest absolute Gasteiger partial charge is 0.235 e. The van der Waals surface area contributed by atoms with Gasteiger partial charge >= 0.3 is 0 Å². The molecule has 0 bridgehead atoms. The number of fused-ring (bicyclic) bond motifs is 1. The highest BCUT2D eigenvalue weighted by Gasteiger charge is 2.30. The molecule has 0 radical (unpaired) electrons. The van der Waals surface area contributed by atoms with E-state index in [0.29, 0.717) is 18.8 Å². The summed E-state index contributed by atoms with van der Waals surface area (Å²) in [6.07, 6.45) is 5.14. The van der Waals surface area contributed by atoms with Crippen LogP contribution in [-0.2, 0) is 6.42 Å². The van der Waals surface area contributed by atoms with Gasteiger partial charge in [0.15, 0.2) is 0 Å². The Morgan fingerprint density at radius 1 is 1.21 bits per heavy atom. The van der Waals surface area contributed by atoms with Gasteiger partial charge in [-0.05, 0) is 48.1 Å². The Morgan fingerprint density at radius 2 is 2.03 bits per heavy atom. The summed E-state index contributed by atoms with van der Waals surface area (Å²) in [5.41, 5.74) is 6.03. The first-order chi connectivity index (χ1) is 14.1. The average Bonchev–Trinajstić information content (AvgIpc) is 3.33. The number of methoxy groups -OCH3 is 2. The number of allylic oxidation sites excluding steroid dienone is 1. The third-order valence-electron chi connectivity index (χ3n) is 6.06. The summed E-state index contributed by atoms with van der Waals surface area (Å²) in [5, 5.41) is 0. The summed E-state index contributed by atoms with van der Waals surface area (Å²) in [7, 11) is 3.32. The van der Waals surface area contributed by atoms with Crippen LogP contribution in [0.4, 0.5) is 4.39 Å². The molecule has 29 heavy (non-hydrogen) atoms. The number of hydrogen-bond acceptors (Lipinski definition) is 5. The lowest BCUT2D eigenvalue weighted by Crippen LogP contribution is -2.22. The lowest BCUT2D eigenvalue weighted by Gasteiger charge is -2.20. The van der Waals surface area contributed by atoms with Crippen molar-refractivity contribution in [3.05, 3.63) is 53.0 Å². The zero-order valence-corrected chi connectivity index (χ0v) is 17.3. The maximum atomic E-state index is 13.6. The number of hydrogen-bond donors (Lipinski definition) is 0. The molecule has 2 aromatic rings. The van der Waals surface area contributed by atoms with Crippen LogP contribution in [0.1, 0.15) is 42.5 Å². The second-order valence-corrected chi connectivity index (χ2v) is 7.83. The van der Waals surface area contributed by atoms with Crippen LogP contribution in [0.25, 0.3) is 5.57 Å². The van der Waals surface area contributed by atoms with Gasteiger partial charge in [0.25, 0.3) is 0 Å². The summed E-state index contributed by atoms with van der Waals surface area (Å²) < 4.78 is 24.5. The molecule has 1 aliphatic carbocycles. The Bertz CT molecular complexity index is 915. The maximum Gasteiger partial charge on any atom is 0.235 e. The van der Waals surface area contributed by atoms with E-state index in [0.717, 1.165) is 37.4 Å². The molecule has 6 heteroatoms. The van der Waals surface area contributed by atoms with Crippen LogP contribution in [0.3, 0.4) is 0 Å². The molecule has 2 unspecified atom stereocenters. The number of likely N-dealkylation sites (tertiary alicyclic amines) is 1. The molecule has 1 saturated heterocycles. The molecule has 2 atom stereocenters. The van der Waals surface area contributed by atoms with Crippen LogP contribution >= 0.6 is 0 Å². The van der Waals surface area contributed by atoms with E-state index >= 15 is 0 Å². The predicted octanol–water partition coefficient (Wildman–Crippen LogP) is 4.04. The van der Waals surface area contributed by atoms with Crippen molar-refractivity contribution in [2.24, 2.45) is 0 Å². The fourth-order valence-electron chi connectivity index (χ4n) is 4.59. The van der Waals surface area contributed by atoms with Gasteiger partial charge in [0.1, 0.15) is 17.6 Å². The number of benzene rings is 1. The Labute approximate surface area is 171 Å². The van der Waals surface area contributed by atoms with E-state index in [1.54, 1.807) is 26.6 Å². The SMILES string of the molecule is COc1ccc2c(c1)CC(CCN1CCC(F)C1)=C2C(C)c1nccnc1OC. The summed E-state index contributed by atoms with van der Waals surface area (Å²) in [5.74, 6) is 1.48. The average molecular weight is 397 g/mol. The van der Waals surface area contributed by atoms with Crippen LogP contribution in [0, 0.1) is 0 Å². The van der Waals surface area contributed by atoms with Gasteiger partial charge in [-0.2, -0.15) is 0 Å². The van der Waals surface area contributed by atoms with Crippen LogP contribution in [0.5, 0.6) is 11.6 Å². The van der Waals surface area contributed by atoms with E-state index in [9.17, 15) is 4.39 Å². The largest absolute Gasteiger partial charge is 0.497 e. The molecule has 0 saturated carbocycles. The topological polar surface area (TPSA) is 47.5 Å². The normalized spacial score (nSPS) is 20.1. The Morgan fingerprint density at radius 3 is 2.76 bits per heavy atom. The highest BCUT2D eigenvalue weighted by Crippen LogP contribution is 2.45. The van der Waals surface area contributed by atoms with Crippen molar-refractivity contribution < 1.29 is 13.9 Å². The molecule has 2 aliphatic rings. The molecule has 1 aliphatic heterocycles. The van der Waals surface area contributed by atoms with Crippen molar-refractivity contribution in [3.63, 3.8) is 0 Å². The van der Waals surface area contributed by atoms with Crippen LogP contribution < -0.4 is 9.47 Å². The minimum Gasteiger partial charge on any atom is -0.497 e. The van der Waals surface area contributed by atoms with Crippen molar-refractivity contribution in [2.45, 2.75) is 38.3 Å². The zero-order chi connectivity index (χ0) is 20.4. The molecule has 0 N–H and O–H groups in total. The Balaban J connectivity index is 1.67. The summed E-state index contributed by atoms with van der Waals surface area (Å²) >= 11 is 0. The molecule has 0 spiro atoms. The van der Waals surface area contributed by atoms with Gasteiger partial charge in [0.05, 0.1) is 14.2 Å². The van der Waals surface area contributed by atoms with E-state index < -0.39 is 6.17 Å². The van der Waals surface area contributed by atoms with Crippen molar-refractivity contribution >= 4 is 5.57 Å². The van der Waals surface area contributed by atoms with E-state index in [2.05, 4.69) is 33.9 Å². The first-order valence-electron chi connectivity index (χ1n) is 10.2. The number of nitrogens with zero attached hydrogens (tertiary/aromatic N) is 3. The maximum absolute atomic E-state index is 13.6.